The lowest BCUT2D eigenvalue weighted by Gasteiger charge is -2.42. The molecule has 7 nitrogen and oxygen atoms in total. The van der Waals surface area contributed by atoms with E-state index in [1.807, 2.05) is 0 Å². The van der Waals surface area contributed by atoms with E-state index in [1.165, 1.54) is 55.5 Å². The average molecular weight is 509 g/mol. The summed E-state index contributed by atoms with van der Waals surface area (Å²) in [7, 11) is -5.57. The summed E-state index contributed by atoms with van der Waals surface area (Å²) in [5.41, 5.74) is 0. The molecule has 0 aliphatic carbocycles. The fourth-order valence-electron chi connectivity index (χ4n) is 2.48. The van der Waals surface area contributed by atoms with Crippen molar-refractivity contribution >= 4 is 43.0 Å². The van der Waals surface area contributed by atoms with Crippen molar-refractivity contribution in [3.8, 4) is 0 Å². The molecule has 0 saturated heterocycles. The predicted molar refractivity (Wildman–Crippen MR) is 114 cm³/mol. The van der Waals surface area contributed by atoms with E-state index in [2.05, 4.69) is 4.74 Å². The lowest BCUT2D eigenvalue weighted by Crippen LogP contribution is -2.54. The van der Waals surface area contributed by atoms with Gasteiger partial charge in [-0.1, -0.05) is 59.9 Å². The first kappa shape index (κ1) is 26.3. The minimum Gasteiger partial charge on any atom is -0.465 e. The van der Waals surface area contributed by atoms with E-state index < -0.39 is 36.1 Å². The topological polar surface area (TPSA) is 104 Å². The third-order valence-corrected chi connectivity index (χ3v) is 9.22. The summed E-state index contributed by atoms with van der Waals surface area (Å²) in [6.07, 6.45) is -5.51. The van der Waals surface area contributed by atoms with Crippen molar-refractivity contribution in [2.24, 2.45) is 0 Å². The number of amides is 1. The summed E-state index contributed by atoms with van der Waals surface area (Å²) in [4.78, 5) is 45.4. The van der Waals surface area contributed by atoms with Gasteiger partial charge < -0.3 is 14.5 Å². The number of hydrogen-bond donors (Lipinski definition) is 2. The number of benzene rings is 2. The predicted octanol–water partition coefficient (Wildman–Crippen LogP) is 4.31. The molecule has 0 aliphatic heterocycles. The third-order valence-electron chi connectivity index (χ3n) is 3.78. The quantitative estimate of drug-likeness (QED) is 0.223. The summed E-state index contributed by atoms with van der Waals surface area (Å²) in [5.74, 6) is -3.83. The summed E-state index contributed by atoms with van der Waals surface area (Å²) >= 11 is 0.695. The van der Waals surface area contributed by atoms with Crippen molar-refractivity contribution in [2.75, 3.05) is 13.2 Å². The number of ether oxygens (including phenoxy) is 1. The molecule has 32 heavy (non-hydrogen) atoms. The van der Waals surface area contributed by atoms with Crippen molar-refractivity contribution in [3.63, 3.8) is 0 Å². The van der Waals surface area contributed by atoms with Gasteiger partial charge in [-0.25, -0.2) is 0 Å². The smallest absolute Gasteiger partial charge is 0.465 e. The molecule has 2 aromatic rings. The zero-order chi connectivity index (χ0) is 24.0. The van der Waals surface area contributed by atoms with Crippen LogP contribution in [-0.4, -0.2) is 49.8 Å². The molecule has 0 bridgehead atoms. The van der Waals surface area contributed by atoms with Gasteiger partial charge in [0.25, 0.3) is 0 Å². The number of carbonyl (C=O) groups excluding carboxylic acids is 2. The van der Waals surface area contributed by atoms with Crippen LogP contribution in [0.15, 0.2) is 70.5 Å². The molecule has 0 atom stereocenters. The van der Waals surface area contributed by atoms with E-state index >= 15 is 0 Å². The van der Waals surface area contributed by atoms with Crippen LogP contribution in [0, 0.1) is 0 Å². The van der Waals surface area contributed by atoms with Crippen LogP contribution >= 0.6 is 31.1 Å². The molecule has 2 N–H and O–H groups in total. The summed E-state index contributed by atoms with van der Waals surface area (Å²) in [6, 6.07) is 14.9. The zero-order valence-electron chi connectivity index (χ0n) is 16.6. The Bertz CT molecular complexity index is 931. The largest absolute Gasteiger partial charge is 0.471 e. The Labute approximate surface area is 190 Å². The molecular weight excluding hydrogens is 490 g/mol. The van der Waals surface area contributed by atoms with Gasteiger partial charge in [0.15, 0.2) is 0 Å². The number of alkyl halides is 3. The van der Waals surface area contributed by atoms with Crippen molar-refractivity contribution in [1.82, 2.24) is 4.90 Å². The SMILES string of the molecule is CCOC(=O)CN(C(=O)C(F)(F)F)C(Sc1ccccc1)(Sc1ccccc1)P(=O)(O)O. The van der Waals surface area contributed by atoms with Crippen LogP contribution in [0.1, 0.15) is 6.92 Å². The van der Waals surface area contributed by atoms with Gasteiger partial charge in [-0.2, -0.15) is 13.2 Å². The molecule has 0 radical (unpaired) electrons. The molecule has 0 aliphatic rings. The van der Waals surface area contributed by atoms with Crippen LogP contribution in [0.4, 0.5) is 13.2 Å². The highest BCUT2D eigenvalue weighted by Crippen LogP contribution is 2.68. The molecule has 1 amide bonds. The van der Waals surface area contributed by atoms with Crippen LogP contribution in [0.3, 0.4) is 0 Å². The summed E-state index contributed by atoms with van der Waals surface area (Å²) < 4.78 is 55.2. The molecule has 2 rings (SSSR count). The number of rotatable bonds is 9. The molecule has 13 heteroatoms. The number of carbonyl (C=O) groups is 2. The molecule has 2 aromatic carbocycles. The van der Waals surface area contributed by atoms with Crippen LogP contribution in [0.2, 0.25) is 0 Å². The highest BCUT2D eigenvalue weighted by atomic mass is 32.2. The van der Waals surface area contributed by atoms with Gasteiger partial charge in [0.2, 0.25) is 3.94 Å². The minimum absolute atomic E-state index is 0.152. The van der Waals surface area contributed by atoms with Crippen LogP contribution in [0.5, 0.6) is 0 Å². The van der Waals surface area contributed by atoms with E-state index in [-0.39, 0.29) is 21.3 Å². The maximum atomic E-state index is 13.5. The van der Waals surface area contributed by atoms with Crippen molar-refractivity contribution in [2.45, 2.75) is 26.8 Å². The summed E-state index contributed by atoms with van der Waals surface area (Å²) in [6.45, 7) is -0.119. The van der Waals surface area contributed by atoms with E-state index in [0.717, 1.165) is 0 Å². The van der Waals surface area contributed by atoms with Gasteiger partial charge in [0, 0.05) is 9.79 Å². The van der Waals surface area contributed by atoms with E-state index in [9.17, 15) is 37.1 Å². The highest BCUT2D eigenvalue weighted by molar-refractivity contribution is 8.25. The normalized spacial score (nSPS) is 12.3. The maximum absolute atomic E-state index is 13.5. The Morgan fingerprint density at radius 1 is 0.969 bits per heavy atom. The Hall–Kier alpha value is -1.98. The maximum Gasteiger partial charge on any atom is 0.471 e. The molecule has 0 saturated carbocycles. The second-order valence-electron chi connectivity index (χ2n) is 6.12. The standard InChI is InChI=1S/C19H19F3NO6PS2/c1-2-29-16(24)13-23(17(25)18(20,21)22)19(30(26,27)28,31-14-9-5-3-6-10-14)32-15-11-7-4-8-12-15/h3-12H,2,13H2,1H3,(H2,26,27,28). The first-order valence-corrected chi connectivity index (χ1v) is 12.2. The van der Waals surface area contributed by atoms with Crippen LogP contribution in [0.25, 0.3) is 0 Å². The molecular formula is C19H19F3NO6PS2. The molecule has 174 valence electrons. The van der Waals surface area contributed by atoms with Gasteiger partial charge >= 0.3 is 25.6 Å². The molecule has 0 spiro atoms. The number of hydrogen-bond acceptors (Lipinski definition) is 6. The fraction of sp³-hybridized carbons (Fsp3) is 0.263. The lowest BCUT2D eigenvalue weighted by atomic mass is 10.4. The van der Waals surface area contributed by atoms with E-state index in [1.54, 1.807) is 12.1 Å². The zero-order valence-corrected chi connectivity index (χ0v) is 19.1. The van der Waals surface area contributed by atoms with Gasteiger partial charge in [0.1, 0.15) is 6.54 Å². The van der Waals surface area contributed by atoms with E-state index in [4.69, 9.17) is 0 Å². The van der Waals surface area contributed by atoms with Gasteiger partial charge in [-0.05, 0) is 31.2 Å². The Kier molecular flexibility index (Phi) is 8.83. The van der Waals surface area contributed by atoms with Crippen molar-refractivity contribution < 1.29 is 41.8 Å². The van der Waals surface area contributed by atoms with Crippen LogP contribution in [-0.2, 0) is 18.9 Å². The molecule has 0 aromatic heterocycles. The Morgan fingerprint density at radius 2 is 1.41 bits per heavy atom. The average Bonchev–Trinajstić information content (AvgIpc) is 2.71. The van der Waals surface area contributed by atoms with Crippen LogP contribution < -0.4 is 0 Å². The first-order chi connectivity index (χ1) is 14.9. The van der Waals surface area contributed by atoms with E-state index in [0.29, 0.717) is 23.5 Å². The monoisotopic (exact) mass is 509 g/mol. The van der Waals surface area contributed by atoms with Gasteiger partial charge in [-0.3, -0.25) is 19.1 Å². The van der Waals surface area contributed by atoms with Gasteiger partial charge in [-0.15, -0.1) is 0 Å². The number of nitrogens with zero attached hydrogens (tertiary/aromatic N) is 1. The number of halogens is 3. The molecule has 0 fully saturated rings. The number of esters is 1. The Balaban J connectivity index is 2.75. The first-order valence-electron chi connectivity index (χ1n) is 8.99. The minimum atomic E-state index is -5.57. The summed E-state index contributed by atoms with van der Waals surface area (Å²) in [5, 5.41) is 0. The number of thioether (sulfide) groups is 2. The van der Waals surface area contributed by atoms with Crippen molar-refractivity contribution in [3.05, 3.63) is 60.7 Å². The van der Waals surface area contributed by atoms with Crippen molar-refractivity contribution in [1.29, 1.82) is 0 Å². The molecule has 0 heterocycles. The third kappa shape index (κ3) is 6.52. The second-order valence-corrected chi connectivity index (χ2v) is 11.2. The highest BCUT2D eigenvalue weighted by Gasteiger charge is 2.61. The molecule has 0 unspecified atom stereocenters. The Morgan fingerprint density at radius 3 is 1.75 bits per heavy atom. The lowest BCUT2D eigenvalue weighted by molar-refractivity contribution is -0.187. The fourth-order valence-corrected chi connectivity index (χ4v) is 7.00. The van der Waals surface area contributed by atoms with Gasteiger partial charge in [0.05, 0.1) is 6.61 Å². The second kappa shape index (κ2) is 10.8.